The molecule has 1 aromatic carbocycles. The minimum Gasteiger partial charge on any atom is -0.355 e. The zero-order chi connectivity index (χ0) is 16.9. The van der Waals surface area contributed by atoms with Crippen molar-refractivity contribution < 1.29 is 14.2 Å². The summed E-state index contributed by atoms with van der Waals surface area (Å²) in [5.74, 6) is 0.117. The van der Waals surface area contributed by atoms with Crippen molar-refractivity contribution in [1.29, 1.82) is 0 Å². The molecule has 122 valence electrons. The zero-order valence-corrected chi connectivity index (χ0v) is 12.5. The first-order valence-corrected chi connectivity index (χ1v) is 7.10. The first-order chi connectivity index (χ1) is 11.6. The molecule has 24 heavy (non-hydrogen) atoms. The molecule has 3 rings (SSSR count). The summed E-state index contributed by atoms with van der Waals surface area (Å²) in [5, 5.41) is 20.8. The molecule has 0 spiro atoms. The topological polar surface area (TPSA) is 116 Å². The molecule has 1 N–H and O–H groups in total. The lowest BCUT2D eigenvalue weighted by Gasteiger charge is -2.02. The van der Waals surface area contributed by atoms with Crippen molar-refractivity contribution in [1.82, 2.24) is 20.3 Å². The molecule has 9 nitrogen and oxygen atoms in total. The van der Waals surface area contributed by atoms with Crippen LogP contribution in [0.4, 0.5) is 5.69 Å². The van der Waals surface area contributed by atoms with E-state index in [0.717, 1.165) is 11.8 Å². The summed E-state index contributed by atoms with van der Waals surface area (Å²) in [5.41, 5.74) is 0.901. The van der Waals surface area contributed by atoms with E-state index in [-0.39, 0.29) is 23.8 Å². The van der Waals surface area contributed by atoms with Crippen molar-refractivity contribution in [3.63, 3.8) is 0 Å². The first-order valence-electron chi connectivity index (χ1n) is 7.10. The van der Waals surface area contributed by atoms with Gasteiger partial charge in [-0.15, -0.1) is 0 Å². The third-order valence-electron chi connectivity index (χ3n) is 3.26. The molecule has 0 bridgehead atoms. The van der Waals surface area contributed by atoms with E-state index in [1.807, 2.05) is 30.3 Å². The summed E-state index contributed by atoms with van der Waals surface area (Å²) >= 11 is 0. The number of nitrogens with zero attached hydrogens (tertiary/aromatic N) is 4. The number of rotatable bonds is 6. The maximum absolute atomic E-state index is 12.0. The van der Waals surface area contributed by atoms with Crippen LogP contribution in [0.3, 0.4) is 0 Å². The van der Waals surface area contributed by atoms with E-state index in [9.17, 15) is 14.9 Å². The Morgan fingerprint density at radius 1 is 1.33 bits per heavy atom. The molecule has 0 atom stereocenters. The Morgan fingerprint density at radius 3 is 2.83 bits per heavy atom. The SMILES string of the molecule is O=C(NCCn1cc([N+](=O)[O-])cn1)c1cc(-c2ccccc2)on1. The van der Waals surface area contributed by atoms with Gasteiger partial charge < -0.3 is 9.84 Å². The van der Waals surface area contributed by atoms with Crippen molar-refractivity contribution in [3.8, 4) is 11.3 Å². The smallest absolute Gasteiger partial charge is 0.306 e. The minimum absolute atomic E-state index is 0.0923. The lowest BCUT2D eigenvalue weighted by molar-refractivity contribution is -0.385. The van der Waals surface area contributed by atoms with Gasteiger partial charge in [-0.25, -0.2) is 0 Å². The Balaban J connectivity index is 1.55. The van der Waals surface area contributed by atoms with Gasteiger partial charge in [-0.1, -0.05) is 35.5 Å². The molecular formula is C15H13N5O4. The summed E-state index contributed by atoms with van der Waals surface area (Å²) in [6.45, 7) is 0.564. The monoisotopic (exact) mass is 327 g/mol. The molecule has 0 aliphatic heterocycles. The van der Waals surface area contributed by atoms with Crippen molar-refractivity contribution in [3.05, 3.63) is 64.6 Å². The summed E-state index contributed by atoms with van der Waals surface area (Å²) in [6, 6.07) is 10.9. The molecule has 9 heteroatoms. The number of carbonyl (C=O) groups is 1. The van der Waals surface area contributed by atoms with Crippen molar-refractivity contribution >= 4 is 11.6 Å². The predicted octanol–water partition coefficient (Wildman–Crippen LogP) is 1.88. The highest BCUT2D eigenvalue weighted by molar-refractivity contribution is 5.93. The lowest BCUT2D eigenvalue weighted by atomic mass is 10.1. The number of aromatic nitrogens is 3. The van der Waals surface area contributed by atoms with E-state index in [1.165, 1.54) is 10.9 Å². The van der Waals surface area contributed by atoms with Gasteiger partial charge in [0.25, 0.3) is 5.91 Å². The van der Waals surface area contributed by atoms with E-state index in [1.54, 1.807) is 6.07 Å². The fraction of sp³-hybridized carbons (Fsp3) is 0.133. The average molecular weight is 327 g/mol. The van der Waals surface area contributed by atoms with Crippen LogP contribution >= 0.6 is 0 Å². The third kappa shape index (κ3) is 3.46. The number of amides is 1. The number of hydrogen-bond donors (Lipinski definition) is 1. The molecule has 2 heterocycles. The van der Waals surface area contributed by atoms with Gasteiger partial charge in [0.1, 0.15) is 12.4 Å². The molecule has 0 unspecified atom stereocenters. The molecule has 0 saturated heterocycles. The van der Waals surface area contributed by atoms with E-state index < -0.39 is 4.92 Å². The number of hydrogen-bond acceptors (Lipinski definition) is 6. The van der Waals surface area contributed by atoms with Crippen LogP contribution in [-0.2, 0) is 6.54 Å². The quantitative estimate of drug-likeness (QED) is 0.546. The summed E-state index contributed by atoms with van der Waals surface area (Å²) in [6.07, 6.45) is 2.46. The van der Waals surface area contributed by atoms with Crippen LogP contribution in [0.5, 0.6) is 0 Å². The molecule has 0 saturated carbocycles. The van der Waals surface area contributed by atoms with Crippen LogP contribution in [0, 0.1) is 10.1 Å². The van der Waals surface area contributed by atoms with Crippen LogP contribution in [0.2, 0.25) is 0 Å². The zero-order valence-electron chi connectivity index (χ0n) is 12.5. The maximum atomic E-state index is 12.0. The molecule has 0 aliphatic carbocycles. The highest BCUT2D eigenvalue weighted by Gasteiger charge is 2.13. The van der Waals surface area contributed by atoms with Gasteiger partial charge in [0, 0.05) is 18.2 Å². The van der Waals surface area contributed by atoms with Crippen LogP contribution < -0.4 is 5.32 Å². The van der Waals surface area contributed by atoms with E-state index in [4.69, 9.17) is 4.52 Å². The van der Waals surface area contributed by atoms with E-state index >= 15 is 0 Å². The Bertz CT molecular complexity index is 856. The maximum Gasteiger partial charge on any atom is 0.306 e. The Kier molecular flexibility index (Phi) is 4.32. The fourth-order valence-electron chi connectivity index (χ4n) is 2.06. The Morgan fingerprint density at radius 2 is 2.12 bits per heavy atom. The number of nitro groups is 1. The molecule has 1 amide bonds. The fourth-order valence-corrected chi connectivity index (χ4v) is 2.06. The van der Waals surface area contributed by atoms with Crippen molar-refractivity contribution in [2.45, 2.75) is 6.54 Å². The Labute approximate surface area is 136 Å². The highest BCUT2D eigenvalue weighted by Crippen LogP contribution is 2.19. The largest absolute Gasteiger partial charge is 0.355 e. The highest BCUT2D eigenvalue weighted by atomic mass is 16.6. The molecule has 2 aromatic heterocycles. The van der Waals surface area contributed by atoms with Gasteiger partial charge in [0.2, 0.25) is 0 Å². The van der Waals surface area contributed by atoms with Crippen LogP contribution in [0.15, 0.2) is 53.3 Å². The molecule has 0 aliphatic rings. The van der Waals surface area contributed by atoms with Gasteiger partial charge in [-0.05, 0) is 0 Å². The number of nitrogens with one attached hydrogen (secondary N) is 1. The average Bonchev–Trinajstić information content (AvgIpc) is 3.25. The molecule has 0 radical (unpaired) electrons. The molecule has 3 aromatic rings. The molecular weight excluding hydrogens is 314 g/mol. The second kappa shape index (κ2) is 6.73. The third-order valence-corrected chi connectivity index (χ3v) is 3.26. The predicted molar refractivity (Wildman–Crippen MR) is 83.2 cm³/mol. The van der Waals surface area contributed by atoms with Gasteiger partial charge in [0.05, 0.1) is 11.5 Å². The first kappa shape index (κ1) is 15.4. The normalized spacial score (nSPS) is 10.5. The number of benzene rings is 1. The second-order valence-electron chi connectivity index (χ2n) is 4.92. The van der Waals surface area contributed by atoms with Crippen LogP contribution in [-0.4, -0.2) is 32.3 Å². The van der Waals surface area contributed by atoms with Crippen molar-refractivity contribution in [2.75, 3.05) is 6.54 Å². The van der Waals surface area contributed by atoms with E-state index in [2.05, 4.69) is 15.6 Å². The second-order valence-corrected chi connectivity index (χ2v) is 4.92. The standard InChI is InChI=1S/C15H13N5O4/c21-15(16-6-7-19-10-12(9-17-19)20(22)23)13-8-14(24-18-13)11-4-2-1-3-5-11/h1-5,8-10H,6-7H2,(H,16,21). The van der Waals surface area contributed by atoms with Gasteiger partial charge in [-0.2, -0.15) is 5.10 Å². The van der Waals surface area contributed by atoms with Crippen molar-refractivity contribution in [2.24, 2.45) is 0 Å². The summed E-state index contributed by atoms with van der Waals surface area (Å²) in [7, 11) is 0. The van der Waals surface area contributed by atoms with Gasteiger partial charge in [-0.3, -0.25) is 19.6 Å². The van der Waals surface area contributed by atoms with Gasteiger partial charge in [0.15, 0.2) is 11.5 Å². The lowest BCUT2D eigenvalue weighted by Crippen LogP contribution is -2.27. The Hall–Kier alpha value is -3.49. The number of carbonyl (C=O) groups excluding carboxylic acids is 1. The minimum atomic E-state index is -0.525. The molecule has 0 fully saturated rings. The van der Waals surface area contributed by atoms with Crippen LogP contribution in [0.1, 0.15) is 10.5 Å². The van der Waals surface area contributed by atoms with Gasteiger partial charge >= 0.3 is 5.69 Å². The summed E-state index contributed by atoms with van der Waals surface area (Å²) in [4.78, 5) is 22.1. The summed E-state index contributed by atoms with van der Waals surface area (Å²) < 4.78 is 6.55. The van der Waals surface area contributed by atoms with Crippen LogP contribution in [0.25, 0.3) is 11.3 Å². The van der Waals surface area contributed by atoms with E-state index in [0.29, 0.717) is 12.3 Å².